The van der Waals surface area contributed by atoms with Crippen LogP contribution in [-0.4, -0.2) is 39.8 Å². The van der Waals surface area contributed by atoms with Gasteiger partial charge in [0.1, 0.15) is 17.8 Å². The average Bonchev–Trinajstić information content (AvgIpc) is 2.78. The van der Waals surface area contributed by atoms with E-state index in [9.17, 15) is 19.8 Å². The van der Waals surface area contributed by atoms with E-state index in [1.54, 1.807) is 0 Å². The molecule has 0 aromatic carbocycles. The van der Waals surface area contributed by atoms with E-state index in [2.05, 4.69) is 55.4 Å². The Hall–Kier alpha value is -0.940. The average molecular weight is 517 g/mol. The molecular weight excluding hydrogens is 464 g/mol. The van der Waals surface area contributed by atoms with Crippen LogP contribution in [0.1, 0.15) is 120 Å². The van der Waals surface area contributed by atoms with Crippen molar-refractivity contribution >= 4 is 11.8 Å². The summed E-state index contributed by atoms with van der Waals surface area (Å²) in [5, 5.41) is 24.9. The Bertz CT molecular complexity index is 1000. The number of ketones is 1. The Morgan fingerprint density at radius 1 is 0.865 bits per heavy atom. The van der Waals surface area contributed by atoms with E-state index in [1.807, 2.05) is 0 Å². The lowest BCUT2D eigenvalue weighted by atomic mass is 9.29. The van der Waals surface area contributed by atoms with Crippen molar-refractivity contribution in [2.45, 2.75) is 138 Å². The van der Waals surface area contributed by atoms with Gasteiger partial charge in [-0.1, -0.05) is 55.4 Å². The van der Waals surface area contributed by atoms with Crippen LogP contribution in [0.25, 0.3) is 0 Å². The van der Waals surface area contributed by atoms with Crippen LogP contribution in [0.5, 0.6) is 0 Å². The lowest BCUT2D eigenvalue weighted by Crippen LogP contribution is -2.80. The third-order valence-corrected chi connectivity index (χ3v) is 13.9. The zero-order chi connectivity index (χ0) is 27.6. The maximum atomic E-state index is 14.5. The van der Waals surface area contributed by atoms with Crippen LogP contribution in [0.4, 0.5) is 0 Å². The molecular formula is C32H52O5. The van der Waals surface area contributed by atoms with Crippen LogP contribution in [0.2, 0.25) is 0 Å². The van der Waals surface area contributed by atoms with Gasteiger partial charge in [-0.3, -0.25) is 9.59 Å². The number of ether oxygens (including phenoxy) is 1. The number of carbonyl (C=O) groups is 2. The highest BCUT2D eigenvalue weighted by Crippen LogP contribution is 2.77. The Morgan fingerprint density at radius 3 is 2.11 bits per heavy atom. The Balaban J connectivity index is 1.61. The van der Waals surface area contributed by atoms with Gasteiger partial charge in [0, 0.05) is 29.6 Å². The number of rotatable bonds is 1. The molecule has 0 bridgehead atoms. The summed E-state index contributed by atoms with van der Waals surface area (Å²) >= 11 is 0. The molecule has 0 spiro atoms. The Kier molecular flexibility index (Phi) is 5.85. The SMILES string of the molecule is CC(=O)O[C@@H]1CC[C@]2(C)[C@H]3[C@H](O)C(=O)[C@]4(O)[C@@H]5CC(C)(C)CC[C@]5(C)CC[C@@]4(C)[C@]3(C)CC[C@H]2C1(C)C. The molecule has 0 aromatic heterocycles. The normalized spacial score (nSPS) is 54.2. The molecule has 10 atom stereocenters. The second-order valence-electron chi connectivity index (χ2n) is 16.4. The Labute approximate surface area is 224 Å². The van der Waals surface area contributed by atoms with Gasteiger partial charge in [-0.05, 0) is 85.4 Å². The summed E-state index contributed by atoms with van der Waals surface area (Å²) in [5.74, 6) is -0.698. The Morgan fingerprint density at radius 2 is 1.49 bits per heavy atom. The van der Waals surface area contributed by atoms with Crippen molar-refractivity contribution in [1.29, 1.82) is 0 Å². The van der Waals surface area contributed by atoms with Crippen molar-refractivity contribution in [3.05, 3.63) is 0 Å². The van der Waals surface area contributed by atoms with Crippen molar-refractivity contribution in [3.8, 4) is 0 Å². The highest BCUT2D eigenvalue weighted by Gasteiger charge is 2.79. The van der Waals surface area contributed by atoms with Gasteiger partial charge in [0.15, 0.2) is 5.78 Å². The van der Waals surface area contributed by atoms with Crippen LogP contribution in [0.3, 0.4) is 0 Å². The first-order valence-corrected chi connectivity index (χ1v) is 14.9. The van der Waals surface area contributed by atoms with Crippen molar-refractivity contribution in [2.75, 3.05) is 0 Å². The second kappa shape index (κ2) is 7.83. The molecule has 5 fully saturated rings. The predicted octanol–water partition coefficient (Wildman–Crippen LogP) is 6.08. The molecule has 210 valence electrons. The topological polar surface area (TPSA) is 83.8 Å². The molecule has 5 aliphatic carbocycles. The van der Waals surface area contributed by atoms with Gasteiger partial charge in [0.25, 0.3) is 0 Å². The third kappa shape index (κ3) is 3.28. The summed E-state index contributed by atoms with van der Waals surface area (Å²) < 4.78 is 5.81. The van der Waals surface area contributed by atoms with Crippen LogP contribution in [0.15, 0.2) is 0 Å². The standard InChI is InChI=1S/C32H52O5/c1-19(33)37-22-11-12-29(7)20(27(22,4)5)10-13-30(8)24(29)23(34)25(35)32(36)21-18-26(2,3)14-15-28(21,6)16-17-31(30,32)9/h20-24,34,36H,10-18H2,1-9H3/t20-,21+,22+,23-,24+,28+,29-,30+,31-,32+/m0/s1. The first-order valence-electron chi connectivity index (χ1n) is 14.9. The van der Waals surface area contributed by atoms with Crippen molar-refractivity contribution in [1.82, 2.24) is 0 Å². The number of Topliss-reactive ketones (excluding diaryl/α,β-unsaturated/α-hetero) is 1. The zero-order valence-corrected chi connectivity index (χ0v) is 24.9. The molecule has 5 rings (SSSR count). The molecule has 0 amide bonds. The first-order chi connectivity index (χ1) is 16.8. The van der Waals surface area contributed by atoms with E-state index in [0.717, 1.165) is 57.8 Å². The van der Waals surface area contributed by atoms with Crippen LogP contribution in [0, 0.1) is 50.2 Å². The van der Waals surface area contributed by atoms with Gasteiger partial charge in [0.05, 0.1) is 0 Å². The number of carbonyl (C=O) groups excluding carboxylic acids is 2. The smallest absolute Gasteiger partial charge is 0.302 e. The van der Waals surface area contributed by atoms with Crippen LogP contribution < -0.4 is 0 Å². The minimum absolute atomic E-state index is 0.0733. The number of aliphatic hydroxyl groups excluding tert-OH is 1. The molecule has 0 radical (unpaired) electrons. The fourth-order valence-electron chi connectivity index (χ4n) is 11.5. The molecule has 0 unspecified atom stereocenters. The molecule has 5 saturated carbocycles. The van der Waals surface area contributed by atoms with E-state index in [-0.39, 0.29) is 62.7 Å². The number of fused-ring (bicyclic) bond motifs is 7. The zero-order valence-electron chi connectivity index (χ0n) is 24.9. The van der Waals surface area contributed by atoms with E-state index < -0.39 is 17.1 Å². The van der Waals surface area contributed by atoms with Gasteiger partial charge in [-0.15, -0.1) is 0 Å². The number of esters is 1. The van der Waals surface area contributed by atoms with Gasteiger partial charge >= 0.3 is 5.97 Å². The van der Waals surface area contributed by atoms with Gasteiger partial charge in [-0.2, -0.15) is 0 Å². The maximum absolute atomic E-state index is 14.5. The highest BCUT2D eigenvalue weighted by atomic mass is 16.5. The largest absolute Gasteiger partial charge is 0.462 e. The lowest BCUT2D eigenvalue weighted by Gasteiger charge is -2.75. The van der Waals surface area contributed by atoms with Crippen molar-refractivity contribution < 1.29 is 24.5 Å². The summed E-state index contributed by atoms with van der Waals surface area (Å²) in [4.78, 5) is 26.4. The quantitative estimate of drug-likeness (QED) is 0.412. The number of aliphatic hydroxyl groups is 2. The summed E-state index contributed by atoms with van der Waals surface area (Å²) in [6.07, 6.45) is 6.85. The first kappa shape index (κ1) is 27.6. The van der Waals surface area contributed by atoms with Gasteiger partial charge in [0.2, 0.25) is 0 Å². The molecule has 0 aromatic rings. The number of hydrogen-bond acceptors (Lipinski definition) is 5. The molecule has 0 saturated heterocycles. The second-order valence-corrected chi connectivity index (χ2v) is 16.4. The number of hydrogen-bond donors (Lipinski definition) is 2. The van der Waals surface area contributed by atoms with Crippen LogP contribution >= 0.6 is 0 Å². The van der Waals surface area contributed by atoms with Gasteiger partial charge < -0.3 is 14.9 Å². The van der Waals surface area contributed by atoms with E-state index in [1.165, 1.54) is 6.92 Å². The van der Waals surface area contributed by atoms with Crippen molar-refractivity contribution in [3.63, 3.8) is 0 Å². The van der Waals surface area contributed by atoms with E-state index in [0.29, 0.717) is 0 Å². The monoisotopic (exact) mass is 516 g/mol. The van der Waals surface area contributed by atoms with E-state index >= 15 is 0 Å². The molecule has 5 aliphatic rings. The summed E-state index contributed by atoms with van der Waals surface area (Å²) in [6.45, 7) is 19.5. The minimum atomic E-state index is -1.52. The molecule has 37 heavy (non-hydrogen) atoms. The van der Waals surface area contributed by atoms with Crippen molar-refractivity contribution in [2.24, 2.45) is 50.2 Å². The molecule has 5 heteroatoms. The molecule has 0 aliphatic heterocycles. The highest BCUT2D eigenvalue weighted by molar-refractivity contribution is 5.94. The lowest BCUT2D eigenvalue weighted by molar-refractivity contribution is -0.310. The minimum Gasteiger partial charge on any atom is -0.462 e. The maximum Gasteiger partial charge on any atom is 0.302 e. The fourth-order valence-corrected chi connectivity index (χ4v) is 11.5. The van der Waals surface area contributed by atoms with Gasteiger partial charge in [-0.25, -0.2) is 0 Å². The molecule has 5 nitrogen and oxygen atoms in total. The summed E-state index contributed by atoms with van der Waals surface area (Å²) in [5.41, 5.74) is -3.01. The molecule has 2 N–H and O–H groups in total. The summed E-state index contributed by atoms with van der Waals surface area (Å²) in [7, 11) is 0. The van der Waals surface area contributed by atoms with Crippen LogP contribution in [-0.2, 0) is 14.3 Å². The fraction of sp³-hybridized carbons (Fsp3) is 0.938. The molecule has 0 heterocycles. The predicted molar refractivity (Wildman–Crippen MR) is 144 cm³/mol. The summed E-state index contributed by atoms with van der Waals surface area (Å²) in [6, 6.07) is 0. The third-order valence-electron chi connectivity index (χ3n) is 13.9. The van der Waals surface area contributed by atoms with E-state index in [4.69, 9.17) is 4.74 Å².